The van der Waals surface area contributed by atoms with Gasteiger partial charge in [-0.25, -0.2) is 4.79 Å². The van der Waals surface area contributed by atoms with Gasteiger partial charge in [0.1, 0.15) is 12.1 Å². The van der Waals surface area contributed by atoms with E-state index < -0.39 is 5.54 Å². The Morgan fingerprint density at radius 2 is 1.79 bits per heavy atom. The monoisotopic (exact) mass is 463 g/mol. The lowest BCUT2D eigenvalue weighted by Gasteiger charge is -2.51. The van der Waals surface area contributed by atoms with Crippen molar-refractivity contribution in [3.63, 3.8) is 0 Å². The van der Waals surface area contributed by atoms with Gasteiger partial charge in [-0.1, -0.05) is 36.8 Å². The Labute approximate surface area is 203 Å². The van der Waals surface area contributed by atoms with Gasteiger partial charge >= 0.3 is 6.03 Å². The topological polar surface area (TPSA) is 79.7 Å². The maximum absolute atomic E-state index is 13.6. The molecule has 1 heterocycles. The van der Waals surface area contributed by atoms with Crippen LogP contribution in [0.25, 0.3) is 0 Å². The molecule has 0 radical (unpaired) electrons. The zero-order chi connectivity index (χ0) is 24.0. The van der Waals surface area contributed by atoms with E-state index in [1.54, 1.807) is 4.90 Å². The third-order valence-electron chi connectivity index (χ3n) is 9.08. The predicted octanol–water partition coefficient (Wildman–Crippen LogP) is 3.47. The van der Waals surface area contributed by atoms with Crippen molar-refractivity contribution in [3.05, 3.63) is 35.9 Å². The van der Waals surface area contributed by atoms with Crippen LogP contribution in [0.4, 0.5) is 4.79 Å². The predicted molar refractivity (Wildman–Crippen MR) is 130 cm³/mol. The molecule has 7 nitrogen and oxygen atoms in total. The second kappa shape index (κ2) is 8.57. The van der Waals surface area contributed by atoms with Crippen LogP contribution in [0, 0.1) is 17.2 Å². The largest absolute Gasteiger partial charge is 0.336 e. The third kappa shape index (κ3) is 3.96. The summed E-state index contributed by atoms with van der Waals surface area (Å²) in [5.41, 5.74) is 0.392. The number of benzene rings is 1. The van der Waals surface area contributed by atoms with Crippen LogP contribution in [-0.2, 0) is 10.3 Å². The molecule has 3 amide bonds. The van der Waals surface area contributed by atoms with E-state index in [1.165, 1.54) is 24.8 Å². The molecule has 1 N–H and O–H groups in total. The number of hydrogen-bond acceptors (Lipinski definition) is 4. The molecule has 4 fully saturated rings. The molecule has 0 bridgehead atoms. The van der Waals surface area contributed by atoms with E-state index in [4.69, 9.17) is 0 Å². The van der Waals surface area contributed by atoms with Gasteiger partial charge in [0.15, 0.2) is 0 Å². The Bertz CT molecular complexity index is 968. The first-order valence-corrected chi connectivity index (χ1v) is 12.8. The molecule has 1 saturated heterocycles. The number of amides is 3. The highest BCUT2D eigenvalue weighted by molar-refractivity contribution is 5.86. The highest BCUT2D eigenvalue weighted by atomic mass is 16.2. The lowest BCUT2D eigenvalue weighted by molar-refractivity contribution is -0.122. The number of carbonyl (C=O) groups is 2. The number of rotatable bonds is 7. The minimum atomic E-state index is -0.699. The van der Waals surface area contributed by atoms with Gasteiger partial charge < -0.3 is 15.1 Å². The van der Waals surface area contributed by atoms with Crippen molar-refractivity contribution in [1.29, 1.82) is 5.26 Å². The summed E-state index contributed by atoms with van der Waals surface area (Å²) in [7, 11) is 4.33. The van der Waals surface area contributed by atoms with Crippen molar-refractivity contribution in [2.24, 2.45) is 5.92 Å². The first kappa shape index (κ1) is 23.2. The molecular formula is C27H37N5O2. The highest BCUT2D eigenvalue weighted by Crippen LogP contribution is 2.49. The van der Waals surface area contributed by atoms with Crippen LogP contribution < -0.4 is 5.32 Å². The van der Waals surface area contributed by atoms with Crippen LogP contribution in [0.5, 0.6) is 0 Å². The maximum atomic E-state index is 13.6. The SMILES string of the molecule is CN(C)[C@]1(c2ccccc2)CC[C@@]2(CC1)CN(CC(=O)NC1(C#N)CC1)C(=O)N2CC1CCC1. The maximum Gasteiger partial charge on any atom is 0.321 e. The summed E-state index contributed by atoms with van der Waals surface area (Å²) in [5, 5.41) is 12.2. The molecule has 3 saturated carbocycles. The lowest BCUT2D eigenvalue weighted by Crippen LogP contribution is -2.56. The summed E-state index contributed by atoms with van der Waals surface area (Å²) in [6, 6.07) is 13.0. The van der Waals surface area contributed by atoms with Crippen molar-refractivity contribution >= 4 is 11.9 Å². The highest BCUT2D eigenvalue weighted by Gasteiger charge is 2.55. The van der Waals surface area contributed by atoms with Crippen LogP contribution in [0.3, 0.4) is 0 Å². The summed E-state index contributed by atoms with van der Waals surface area (Å²) in [6.45, 7) is 1.45. The van der Waals surface area contributed by atoms with Gasteiger partial charge in [0, 0.05) is 18.6 Å². The quantitative estimate of drug-likeness (QED) is 0.672. The molecule has 0 atom stereocenters. The minimum absolute atomic E-state index is 0.000851. The summed E-state index contributed by atoms with van der Waals surface area (Å²) in [5.74, 6) is 0.369. The van der Waals surface area contributed by atoms with Gasteiger partial charge in [0.05, 0.1) is 11.6 Å². The molecule has 3 aliphatic carbocycles. The van der Waals surface area contributed by atoms with Crippen molar-refractivity contribution in [1.82, 2.24) is 20.0 Å². The van der Waals surface area contributed by atoms with E-state index in [0.717, 1.165) is 32.2 Å². The minimum Gasteiger partial charge on any atom is -0.336 e. The molecule has 182 valence electrons. The van der Waals surface area contributed by atoms with Gasteiger partial charge in [-0.3, -0.25) is 9.69 Å². The molecule has 1 aromatic rings. The summed E-state index contributed by atoms with van der Waals surface area (Å²) in [6.07, 6.45) is 8.86. The average molecular weight is 464 g/mol. The molecule has 34 heavy (non-hydrogen) atoms. The smallest absolute Gasteiger partial charge is 0.321 e. The second-order valence-corrected chi connectivity index (χ2v) is 11.3. The number of nitrogens with zero attached hydrogens (tertiary/aromatic N) is 4. The molecule has 0 aromatic heterocycles. The molecule has 1 aromatic carbocycles. The molecule has 7 heteroatoms. The van der Waals surface area contributed by atoms with E-state index in [9.17, 15) is 14.9 Å². The molecule has 0 unspecified atom stereocenters. The fraction of sp³-hybridized carbons (Fsp3) is 0.667. The van der Waals surface area contributed by atoms with Crippen LogP contribution in [0.1, 0.15) is 63.4 Å². The number of nitriles is 1. The van der Waals surface area contributed by atoms with E-state index in [1.807, 2.05) is 0 Å². The normalized spacial score (nSPS) is 30.4. The Morgan fingerprint density at radius 1 is 1.12 bits per heavy atom. The number of hydrogen-bond donors (Lipinski definition) is 1. The fourth-order valence-corrected chi connectivity index (χ4v) is 6.38. The molecule has 1 spiro atoms. The third-order valence-corrected chi connectivity index (χ3v) is 9.08. The van der Waals surface area contributed by atoms with Gasteiger partial charge in [-0.15, -0.1) is 0 Å². The van der Waals surface area contributed by atoms with Gasteiger partial charge in [0.2, 0.25) is 5.91 Å². The summed E-state index contributed by atoms with van der Waals surface area (Å²) < 4.78 is 0. The van der Waals surface area contributed by atoms with Gasteiger partial charge in [-0.05, 0) is 76.9 Å². The van der Waals surface area contributed by atoms with Crippen LogP contribution in [0.15, 0.2) is 30.3 Å². The van der Waals surface area contributed by atoms with Crippen molar-refractivity contribution in [2.45, 2.75) is 74.4 Å². The van der Waals surface area contributed by atoms with Gasteiger partial charge in [-0.2, -0.15) is 5.26 Å². The van der Waals surface area contributed by atoms with Crippen molar-refractivity contribution in [2.75, 3.05) is 33.7 Å². The number of urea groups is 1. The lowest BCUT2D eigenvalue weighted by atomic mass is 9.68. The van der Waals surface area contributed by atoms with Gasteiger partial charge in [0.25, 0.3) is 0 Å². The zero-order valence-corrected chi connectivity index (χ0v) is 20.6. The first-order chi connectivity index (χ1) is 16.3. The van der Waals surface area contributed by atoms with Crippen LogP contribution in [-0.4, -0.2) is 71.4 Å². The summed E-state index contributed by atoms with van der Waals surface area (Å²) >= 11 is 0. The van der Waals surface area contributed by atoms with Crippen molar-refractivity contribution in [3.8, 4) is 6.07 Å². The molecule has 5 rings (SSSR count). The molecule has 4 aliphatic rings. The second-order valence-electron chi connectivity index (χ2n) is 11.3. The average Bonchev–Trinajstić information content (AvgIpc) is 3.53. The number of carbonyl (C=O) groups excluding carboxylic acids is 2. The standard InChI is InChI=1S/C27H37N5O2/c1-30(2)27(22-9-4-3-5-10-22)15-13-26(14-16-27)20-31(18-23(33)29-25(19-28)11-12-25)24(34)32(26)17-21-7-6-8-21/h3-5,9-10,21H,6-8,11-18,20H2,1-2H3,(H,29,33)/t26-,27-. The van der Waals surface area contributed by atoms with Crippen LogP contribution in [0.2, 0.25) is 0 Å². The van der Waals surface area contributed by atoms with E-state index in [2.05, 4.69) is 65.6 Å². The first-order valence-electron chi connectivity index (χ1n) is 12.8. The summed E-state index contributed by atoms with van der Waals surface area (Å²) in [4.78, 5) is 32.6. The zero-order valence-electron chi connectivity index (χ0n) is 20.6. The number of nitrogens with one attached hydrogen (secondary N) is 1. The van der Waals surface area contributed by atoms with Crippen LogP contribution >= 0.6 is 0 Å². The molecule has 1 aliphatic heterocycles. The Morgan fingerprint density at radius 3 is 2.32 bits per heavy atom. The van der Waals surface area contributed by atoms with Crippen molar-refractivity contribution < 1.29 is 9.59 Å². The molecular weight excluding hydrogens is 426 g/mol. The van der Waals surface area contributed by atoms with E-state index >= 15 is 0 Å². The Balaban J connectivity index is 1.35. The fourth-order valence-electron chi connectivity index (χ4n) is 6.38. The van der Waals surface area contributed by atoms with E-state index in [0.29, 0.717) is 25.3 Å². The van der Waals surface area contributed by atoms with E-state index in [-0.39, 0.29) is 29.6 Å². The Kier molecular flexibility index (Phi) is 5.84. The Hall–Kier alpha value is -2.59.